The second kappa shape index (κ2) is 5.42. The van der Waals surface area contributed by atoms with Crippen LogP contribution in [0.15, 0.2) is 53.8 Å². The molecule has 6 heteroatoms. The van der Waals surface area contributed by atoms with E-state index in [4.69, 9.17) is 0 Å². The Kier molecular flexibility index (Phi) is 3.23. The van der Waals surface area contributed by atoms with Crippen molar-refractivity contribution in [1.82, 2.24) is 19.5 Å². The van der Waals surface area contributed by atoms with Gasteiger partial charge in [0.1, 0.15) is 11.3 Å². The van der Waals surface area contributed by atoms with Crippen LogP contribution in [0.2, 0.25) is 0 Å². The van der Waals surface area contributed by atoms with Crippen LogP contribution in [-0.2, 0) is 0 Å². The number of nitrogens with zero attached hydrogens (tertiary/aromatic N) is 2. The highest BCUT2D eigenvalue weighted by Crippen LogP contribution is 2.24. The third-order valence-corrected chi connectivity index (χ3v) is 4.03. The lowest BCUT2D eigenvalue weighted by molar-refractivity contribution is 0.980. The van der Waals surface area contributed by atoms with Crippen molar-refractivity contribution >= 4 is 22.4 Å². The van der Waals surface area contributed by atoms with E-state index in [9.17, 15) is 4.79 Å². The fraction of sp³-hybridized carbons (Fsp3) is 0.111. The Balaban J connectivity index is 1.77. The number of aromatic nitrogens is 4. The normalized spacial score (nSPS) is 11.1. The molecule has 0 saturated heterocycles. The van der Waals surface area contributed by atoms with Gasteiger partial charge in [0, 0.05) is 35.9 Å². The summed E-state index contributed by atoms with van der Waals surface area (Å²) in [7, 11) is 0. The molecular formula is C18H17N5O. The Bertz CT molecular complexity index is 1090. The number of hydrogen-bond acceptors (Lipinski definition) is 3. The first-order chi connectivity index (χ1) is 11.6. The van der Waals surface area contributed by atoms with Gasteiger partial charge < -0.3 is 19.9 Å². The number of nitrogens with one attached hydrogen (secondary N) is 3. The van der Waals surface area contributed by atoms with E-state index in [1.807, 2.05) is 55.1 Å². The van der Waals surface area contributed by atoms with Crippen LogP contribution in [0.1, 0.15) is 11.3 Å². The van der Waals surface area contributed by atoms with Gasteiger partial charge in [-0.15, -0.1) is 0 Å². The molecule has 0 unspecified atom stereocenters. The lowest BCUT2D eigenvalue weighted by Crippen LogP contribution is -2.14. The van der Waals surface area contributed by atoms with Crippen molar-refractivity contribution < 1.29 is 0 Å². The molecule has 0 atom stereocenters. The minimum absolute atomic E-state index is 0.124. The average Bonchev–Trinajstić information content (AvgIpc) is 3.16. The van der Waals surface area contributed by atoms with Crippen molar-refractivity contribution in [3.8, 4) is 5.69 Å². The first-order valence-electron chi connectivity index (χ1n) is 7.69. The van der Waals surface area contributed by atoms with Gasteiger partial charge in [-0.3, -0.25) is 4.79 Å². The maximum absolute atomic E-state index is 12.2. The third-order valence-electron chi connectivity index (χ3n) is 4.03. The van der Waals surface area contributed by atoms with Crippen molar-refractivity contribution in [3.05, 3.63) is 70.7 Å². The number of H-pyrrole nitrogens is 2. The smallest absolute Gasteiger partial charge is 0.272 e. The molecule has 4 aromatic rings. The molecule has 4 aromatic heterocycles. The molecule has 0 amide bonds. The van der Waals surface area contributed by atoms with Crippen LogP contribution < -0.4 is 10.9 Å². The van der Waals surface area contributed by atoms with E-state index in [1.54, 1.807) is 12.4 Å². The van der Waals surface area contributed by atoms with Gasteiger partial charge in [-0.05, 0) is 43.7 Å². The van der Waals surface area contributed by atoms with Gasteiger partial charge >= 0.3 is 0 Å². The van der Waals surface area contributed by atoms with Gasteiger partial charge in [0.05, 0.1) is 11.4 Å². The van der Waals surface area contributed by atoms with E-state index < -0.39 is 0 Å². The fourth-order valence-electron chi connectivity index (χ4n) is 2.95. The highest BCUT2D eigenvalue weighted by molar-refractivity contribution is 5.91. The molecule has 120 valence electrons. The predicted octanol–water partition coefficient (Wildman–Crippen LogP) is 3.40. The van der Waals surface area contributed by atoms with Gasteiger partial charge in [0.15, 0.2) is 0 Å². The van der Waals surface area contributed by atoms with E-state index in [-0.39, 0.29) is 5.56 Å². The van der Waals surface area contributed by atoms with Crippen molar-refractivity contribution in [3.63, 3.8) is 0 Å². The van der Waals surface area contributed by atoms with E-state index in [0.29, 0.717) is 5.69 Å². The first kappa shape index (κ1) is 14.3. The molecule has 0 saturated carbocycles. The Hall–Kier alpha value is -3.28. The summed E-state index contributed by atoms with van der Waals surface area (Å²) < 4.78 is 1.90. The molecule has 0 radical (unpaired) electrons. The summed E-state index contributed by atoms with van der Waals surface area (Å²) in [4.78, 5) is 22.4. The van der Waals surface area contributed by atoms with E-state index in [1.165, 1.54) is 0 Å². The molecule has 3 N–H and O–H groups in total. The van der Waals surface area contributed by atoms with Crippen molar-refractivity contribution in [2.24, 2.45) is 0 Å². The second-order valence-electron chi connectivity index (χ2n) is 5.86. The fourth-order valence-corrected chi connectivity index (χ4v) is 2.95. The molecule has 0 aromatic carbocycles. The number of aromatic amines is 2. The summed E-state index contributed by atoms with van der Waals surface area (Å²) >= 11 is 0. The molecule has 24 heavy (non-hydrogen) atoms. The summed E-state index contributed by atoms with van der Waals surface area (Å²) in [6.07, 6.45) is 7.23. The van der Waals surface area contributed by atoms with Crippen LogP contribution in [0.3, 0.4) is 0 Å². The highest BCUT2D eigenvalue weighted by atomic mass is 16.1. The highest BCUT2D eigenvalue weighted by Gasteiger charge is 2.09. The first-order valence-corrected chi connectivity index (χ1v) is 7.69. The molecule has 4 heterocycles. The summed E-state index contributed by atoms with van der Waals surface area (Å²) in [6, 6.07) is 7.78. The summed E-state index contributed by atoms with van der Waals surface area (Å²) in [5, 5.41) is 4.35. The predicted molar refractivity (Wildman–Crippen MR) is 95.2 cm³/mol. The van der Waals surface area contributed by atoms with Crippen LogP contribution in [0.4, 0.5) is 11.4 Å². The number of fused-ring (bicyclic) bond motifs is 1. The Morgan fingerprint density at radius 3 is 2.83 bits per heavy atom. The second-order valence-corrected chi connectivity index (χ2v) is 5.86. The Morgan fingerprint density at radius 1 is 1.17 bits per heavy atom. The van der Waals surface area contributed by atoms with Crippen molar-refractivity contribution in [2.45, 2.75) is 13.8 Å². The standard InChI is InChI=1S/C18H17N5O/c1-11-7-12(2)23(10-11)16-8-13(9-21-18(16)24)22-15-4-6-20-17-14(15)3-5-19-17/h3-10H,1-2H3,(H,21,24)(H2,19,20,22). The summed E-state index contributed by atoms with van der Waals surface area (Å²) in [6.45, 7) is 4.00. The van der Waals surface area contributed by atoms with Gasteiger partial charge in [-0.25, -0.2) is 4.98 Å². The zero-order chi connectivity index (χ0) is 16.7. The van der Waals surface area contributed by atoms with Gasteiger partial charge in [-0.1, -0.05) is 0 Å². The maximum atomic E-state index is 12.2. The number of hydrogen-bond donors (Lipinski definition) is 3. The van der Waals surface area contributed by atoms with E-state index in [2.05, 4.69) is 20.3 Å². The minimum atomic E-state index is -0.124. The topological polar surface area (TPSA) is 78.5 Å². The number of rotatable bonds is 3. The zero-order valence-corrected chi connectivity index (χ0v) is 13.4. The number of anilines is 2. The lowest BCUT2D eigenvalue weighted by atomic mass is 10.2. The number of aryl methyl sites for hydroxylation is 2. The lowest BCUT2D eigenvalue weighted by Gasteiger charge is -2.10. The third kappa shape index (κ3) is 2.38. The van der Waals surface area contributed by atoms with Crippen LogP contribution in [-0.4, -0.2) is 19.5 Å². The molecule has 4 rings (SSSR count). The molecule has 0 spiro atoms. The monoisotopic (exact) mass is 319 g/mol. The van der Waals surface area contributed by atoms with E-state index >= 15 is 0 Å². The summed E-state index contributed by atoms with van der Waals surface area (Å²) in [5.74, 6) is 0. The van der Waals surface area contributed by atoms with Gasteiger partial charge in [0.2, 0.25) is 0 Å². The van der Waals surface area contributed by atoms with Crippen LogP contribution in [0.25, 0.3) is 16.7 Å². The SMILES string of the molecule is Cc1cc(C)n(-c2cc(Nc3ccnc4[nH]ccc34)c[nH]c2=O)c1. The molecule has 0 fully saturated rings. The Morgan fingerprint density at radius 2 is 2.04 bits per heavy atom. The molecule has 0 aliphatic rings. The Labute approximate surface area is 138 Å². The molecule has 0 aliphatic heterocycles. The van der Waals surface area contributed by atoms with Crippen LogP contribution in [0.5, 0.6) is 0 Å². The largest absolute Gasteiger partial charge is 0.354 e. The number of pyridine rings is 2. The molecule has 0 bridgehead atoms. The summed E-state index contributed by atoms with van der Waals surface area (Å²) in [5.41, 5.74) is 5.16. The van der Waals surface area contributed by atoms with Gasteiger partial charge in [0.25, 0.3) is 5.56 Å². The van der Waals surface area contributed by atoms with Gasteiger partial charge in [-0.2, -0.15) is 0 Å². The maximum Gasteiger partial charge on any atom is 0.272 e. The quantitative estimate of drug-likeness (QED) is 0.541. The minimum Gasteiger partial charge on any atom is -0.354 e. The van der Waals surface area contributed by atoms with Crippen LogP contribution >= 0.6 is 0 Å². The zero-order valence-electron chi connectivity index (χ0n) is 13.4. The van der Waals surface area contributed by atoms with E-state index in [0.717, 1.165) is 33.7 Å². The van der Waals surface area contributed by atoms with Crippen molar-refractivity contribution in [1.29, 1.82) is 0 Å². The molecular weight excluding hydrogens is 302 g/mol. The van der Waals surface area contributed by atoms with Crippen LogP contribution in [0, 0.1) is 13.8 Å². The van der Waals surface area contributed by atoms with Crippen molar-refractivity contribution in [2.75, 3.05) is 5.32 Å². The molecule has 0 aliphatic carbocycles. The average molecular weight is 319 g/mol. The molecule has 6 nitrogen and oxygen atoms in total.